The molecule has 0 spiro atoms. The Kier molecular flexibility index (Phi) is 7.16. The second kappa shape index (κ2) is 8.97. The van der Waals surface area contributed by atoms with Gasteiger partial charge in [0, 0.05) is 22.4 Å². The monoisotopic (exact) mass is 371 g/mol. The first kappa shape index (κ1) is 21.6. The molecule has 0 unspecified atom stereocenters. The maximum atomic E-state index is 13.5. The molecule has 0 aliphatic heterocycles. The lowest BCUT2D eigenvalue weighted by Gasteiger charge is -2.28. The highest BCUT2D eigenvalue weighted by Crippen LogP contribution is 2.39. The zero-order valence-electron chi connectivity index (χ0n) is 17.7. The smallest absolute Gasteiger partial charge is 0.123 e. The molecule has 27 heavy (non-hydrogen) atoms. The van der Waals surface area contributed by atoms with Crippen LogP contribution in [0.25, 0.3) is 11.1 Å². The van der Waals surface area contributed by atoms with Crippen molar-refractivity contribution in [3.8, 4) is 11.1 Å². The minimum atomic E-state index is -0.244. The van der Waals surface area contributed by atoms with E-state index < -0.39 is 0 Å². The van der Waals surface area contributed by atoms with Gasteiger partial charge in [0.15, 0.2) is 0 Å². The van der Waals surface area contributed by atoms with E-state index in [-0.39, 0.29) is 23.8 Å². The van der Waals surface area contributed by atoms with Crippen molar-refractivity contribution in [3.63, 3.8) is 0 Å². The number of unbranched alkanes of at least 4 members (excludes halogenated alkanes) is 2. The zero-order chi connectivity index (χ0) is 20.2. The first-order valence-corrected chi connectivity index (χ1v) is 10.1. The Bertz CT molecular complexity index is 757. The molecular formula is C24H34FNO. The number of aliphatic hydroxyl groups excluding tert-OH is 1. The Morgan fingerprint density at radius 2 is 1.67 bits per heavy atom. The molecule has 2 rings (SSSR count). The molecule has 0 amide bonds. The van der Waals surface area contributed by atoms with Gasteiger partial charge < -0.3 is 5.11 Å². The van der Waals surface area contributed by atoms with Gasteiger partial charge in [0.05, 0.1) is 6.61 Å². The third-order valence-electron chi connectivity index (χ3n) is 5.01. The highest BCUT2D eigenvalue weighted by atomic mass is 19.1. The predicted molar refractivity (Wildman–Crippen MR) is 112 cm³/mol. The van der Waals surface area contributed by atoms with Crippen LogP contribution in [0, 0.1) is 5.82 Å². The summed E-state index contributed by atoms with van der Waals surface area (Å²) in [6, 6.07) is 6.64. The number of aromatic nitrogens is 1. The molecule has 148 valence electrons. The van der Waals surface area contributed by atoms with Crippen LogP contribution < -0.4 is 0 Å². The molecule has 0 atom stereocenters. The molecule has 0 saturated heterocycles. The second-order valence-corrected chi connectivity index (χ2v) is 8.70. The van der Waals surface area contributed by atoms with E-state index in [0.29, 0.717) is 0 Å². The van der Waals surface area contributed by atoms with Crippen LogP contribution in [0.1, 0.15) is 89.2 Å². The van der Waals surface area contributed by atoms with Gasteiger partial charge >= 0.3 is 0 Å². The predicted octanol–water partition coefficient (Wildman–Crippen LogP) is 6.53. The lowest BCUT2D eigenvalue weighted by atomic mass is 9.80. The van der Waals surface area contributed by atoms with Gasteiger partial charge in [-0.3, -0.25) is 4.98 Å². The number of halogens is 1. The second-order valence-electron chi connectivity index (χ2n) is 8.70. The largest absolute Gasteiger partial charge is 0.392 e. The van der Waals surface area contributed by atoms with Gasteiger partial charge in [0.1, 0.15) is 5.82 Å². The molecule has 1 aromatic carbocycles. The maximum absolute atomic E-state index is 13.5. The highest BCUT2D eigenvalue weighted by Gasteiger charge is 2.27. The van der Waals surface area contributed by atoms with Crippen LogP contribution in [0.2, 0.25) is 0 Å². The average molecular weight is 372 g/mol. The Morgan fingerprint density at radius 1 is 1.04 bits per heavy atom. The SMILES string of the molecule is CCCCCc1c(C(C)(C)C)nc(C(C)C)c(CO)c1-c1ccc(F)cc1. The van der Waals surface area contributed by atoms with E-state index in [4.69, 9.17) is 4.98 Å². The Morgan fingerprint density at radius 3 is 2.15 bits per heavy atom. The molecular weight excluding hydrogens is 337 g/mol. The van der Waals surface area contributed by atoms with Crippen molar-refractivity contribution in [1.82, 2.24) is 4.98 Å². The van der Waals surface area contributed by atoms with E-state index in [1.165, 1.54) is 17.7 Å². The van der Waals surface area contributed by atoms with Crippen LogP contribution in [0.15, 0.2) is 24.3 Å². The lowest BCUT2D eigenvalue weighted by Crippen LogP contribution is -2.21. The van der Waals surface area contributed by atoms with Crippen molar-refractivity contribution < 1.29 is 9.50 Å². The lowest BCUT2D eigenvalue weighted by molar-refractivity contribution is 0.279. The van der Waals surface area contributed by atoms with Gasteiger partial charge in [-0.2, -0.15) is 0 Å². The minimum absolute atomic E-state index is 0.0571. The first-order chi connectivity index (χ1) is 12.7. The van der Waals surface area contributed by atoms with Crippen LogP contribution in [0.3, 0.4) is 0 Å². The normalized spacial score (nSPS) is 12.0. The first-order valence-electron chi connectivity index (χ1n) is 10.1. The molecule has 0 aliphatic rings. The summed E-state index contributed by atoms with van der Waals surface area (Å²) in [6.45, 7) is 12.9. The van der Waals surface area contributed by atoms with Crippen LogP contribution in [0.4, 0.5) is 4.39 Å². The number of rotatable bonds is 7. The van der Waals surface area contributed by atoms with E-state index in [0.717, 1.165) is 53.8 Å². The van der Waals surface area contributed by atoms with Crippen LogP contribution in [-0.2, 0) is 18.4 Å². The van der Waals surface area contributed by atoms with Crippen molar-refractivity contribution >= 4 is 0 Å². The van der Waals surface area contributed by atoms with Crippen LogP contribution >= 0.6 is 0 Å². The maximum Gasteiger partial charge on any atom is 0.123 e. The van der Waals surface area contributed by atoms with Crippen LogP contribution in [-0.4, -0.2) is 10.1 Å². The summed E-state index contributed by atoms with van der Waals surface area (Å²) < 4.78 is 13.5. The molecule has 0 radical (unpaired) electrons. The molecule has 2 nitrogen and oxygen atoms in total. The fourth-order valence-electron chi connectivity index (χ4n) is 3.70. The summed E-state index contributed by atoms with van der Waals surface area (Å²) in [4.78, 5) is 5.06. The third kappa shape index (κ3) is 4.95. The van der Waals surface area contributed by atoms with Crippen molar-refractivity contribution in [2.75, 3.05) is 0 Å². The van der Waals surface area contributed by atoms with Crippen molar-refractivity contribution in [1.29, 1.82) is 0 Å². The third-order valence-corrected chi connectivity index (χ3v) is 5.01. The molecule has 0 saturated carbocycles. The van der Waals surface area contributed by atoms with Crippen molar-refractivity contribution in [2.45, 2.75) is 85.2 Å². The Labute approximate surface area is 163 Å². The van der Waals surface area contributed by atoms with Gasteiger partial charge in [-0.25, -0.2) is 4.39 Å². The Balaban J connectivity index is 2.84. The number of aliphatic hydroxyl groups is 1. The van der Waals surface area contributed by atoms with Crippen molar-refractivity contribution in [3.05, 3.63) is 52.6 Å². The fourth-order valence-corrected chi connectivity index (χ4v) is 3.70. The standard InChI is InChI=1S/C24H34FNO/c1-7-8-9-10-19-21(17-11-13-18(25)14-12-17)20(15-27)22(16(2)3)26-23(19)24(4,5)6/h11-14,16,27H,7-10,15H2,1-6H3. The quantitative estimate of drug-likeness (QED) is 0.561. The molecule has 1 heterocycles. The summed E-state index contributed by atoms with van der Waals surface area (Å²) in [5, 5.41) is 10.2. The average Bonchev–Trinajstić information content (AvgIpc) is 2.60. The van der Waals surface area contributed by atoms with E-state index in [1.54, 1.807) is 0 Å². The molecule has 1 aromatic heterocycles. The number of hydrogen-bond acceptors (Lipinski definition) is 2. The number of hydrogen-bond donors (Lipinski definition) is 1. The molecule has 3 heteroatoms. The van der Waals surface area contributed by atoms with Gasteiger partial charge in [-0.15, -0.1) is 0 Å². The summed E-state index contributed by atoms with van der Waals surface area (Å²) in [5.41, 5.74) is 6.04. The van der Waals surface area contributed by atoms with Gasteiger partial charge in [-0.1, -0.05) is 66.5 Å². The molecule has 0 fully saturated rings. The van der Waals surface area contributed by atoms with E-state index in [9.17, 15) is 9.50 Å². The summed E-state index contributed by atoms with van der Waals surface area (Å²) in [7, 11) is 0. The number of benzene rings is 1. The van der Waals surface area contributed by atoms with E-state index in [1.807, 2.05) is 12.1 Å². The summed E-state index contributed by atoms with van der Waals surface area (Å²) >= 11 is 0. The Hall–Kier alpha value is -1.74. The van der Waals surface area contributed by atoms with Gasteiger partial charge in [-0.05, 0) is 47.6 Å². The number of pyridine rings is 1. The van der Waals surface area contributed by atoms with Gasteiger partial charge in [0.2, 0.25) is 0 Å². The fraction of sp³-hybridized carbons (Fsp3) is 0.542. The summed E-state index contributed by atoms with van der Waals surface area (Å²) in [6.07, 6.45) is 4.32. The molecule has 0 aliphatic carbocycles. The number of nitrogens with zero attached hydrogens (tertiary/aromatic N) is 1. The minimum Gasteiger partial charge on any atom is -0.392 e. The van der Waals surface area contributed by atoms with Gasteiger partial charge in [0.25, 0.3) is 0 Å². The molecule has 1 N–H and O–H groups in total. The molecule has 2 aromatic rings. The van der Waals surface area contributed by atoms with Crippen molar-refractivity contribution in [2.24, 2.45) is 0 Å². The highest BCUT2D eigenvalue weighted by molar-refractivity contribution is 5.73. The summed E-state index contributed by atoms with van der Waals surface area (Å²) in [5.74, 6) is -0.0387. The van der Waals surface area contributed by atoms with Crippen LogP contribution in [0.5, 0.6) is 0 Å². The molecule has 0 bridgehead atoms. The zero-order valence-corrected chi connectivity index (χ0v) is 17.7. The van der Waals surface area contributed by atoms with E-state index >= 15 is 0 Å². The van der Waals surface area contributed by atoms with E-state index in [2.05, 4.69) is 41.5 Å². The topological polar surface area (TPSA) is 33.1 Å².